The summed E-state index contributed by atoms with van der Waals surface area (Å²) in [6.45, 7) is 0.726. The SMILES string of the molecule is Oc1ccc(CCNc2nc(C3CC3)ns2)cc1O. The molecule has 1 aliphatic rings. The molecule has 0 spiro atoms. The zero-order chi connectivity index (χ0) is 13.2. The fourth-order valence-electron chi connectivity index (χ4n) is 1.85. The standard InChI is InChI=1S/C13H15N3O2S/c17-10-4-1-8(7-11(10)18)5-6-14-13-15-12(16-19-13)9-2-3-9/h1,4,7,9,17-18H,2-3,5-6H2,(H,14,15,16). The number of hydrogen-bond acceptors (Lipinski definition) is 6. The fourth-order valence-corrected chi connectivity index (χ4v) is 2.52. The number of nitrogens with one attached hydrogen (secondary N) is 1. The number of phenolic OH excluding ortho intramolecular Hbond substituents is 2. The Morgan fingerprint density at radius 3 is 2.84 bits per heavy atom. The van der Waals surface area contributed by atoms with Gasteiger partial charge in [0.1, 0.15) is 5.82 Å². The third-order valence-corrected chi connectivity index (χ3v) is 3.80. The molecular formula is C13H15N3O2S. The second-order valence-electron chi connectivity index (χ2n) is 4.73. The predicted octanol–water partition coefficient (Wildman–Crippen LogP) is 2.48. The van der Waals surface area contributed by atoms with Gasteiger partial charge in [-0.1, -0.05) is 6.07 Å². The summed E-state index contributed by atoms with van der Waals surface area (Å²) in [6.07, 6.45) is 3.18. The van der Waals surface area contributed by atoms with Crippen LogP contribution in [0, 0.1) is 0 Å². The lowest BCUT2D eigenvalue weighted by molar-refractivity contribution is 0.403. The predicted molar refractivity (Wildman–Crippen MR) is 73.8 cm³/mol. The summed E-state index contributed by atoms with van der Waals surface area (Å²) >= 11 is 1.40. The molecule has 0 radical (unpaired) electrons. The molecule has 0 aliphatic heterocycles. The van der Waals surface area contributed by atoms with Gasteiger partial charge < -0.3 is 15.5 Å². The Balaban J connectivity index is 1.52. The minimum Gasteiger partial charge on any atom is -0.504 e. The van der Waals surface area contributed by atoms with Crippen molar-refractivity contribution in [1.82, 2.24) is 9.36 Å². The van der Waals surface area contributed by atoms with Crippen LogP contribution >= 0.6 is 11.5 Å². The number of benzene rings is 1. The zero-order valence-corrected chi connectivity index (χ0v) is 11.2. The van der Waals surface area contributed by atoms with Gasteiger partial charge in [0.05, 0.1) is 0 Å². The van der Waals surface area contributed by atoms with Gasteiger partial charge in [0.15, 0.2) is 11.5 Å². The summed E-state index contributed by atoms with van der Waals surface area (Å²) in [7, 11) is 0. The van der Waals surface area contributed by atoms with Crippen molar-refractivity contribution in [1.29, 1.82) is 0 Å². The van der Waals surface area contributed by atoms with Crippen LogP contribution in [0.15, 0.2) is 18.2 Å². The smallest absolute Gasteiger partial charge is 0.202 e. The van der Waals surface area contributed by atoms with Gasteiger partial charge in [-0.25, -0.2) is 4.98 Å². The second-order valence-corrected chi connectivity index (χ2v) is 5.48. The van der Waals surface area contributed by atoms with Crippen LogP contribution in [-0.4, -0.2) is 26.1 Å². The molecule has 0 unspecified atom stereocenters. The van der Waals surface area contributed by atoms with Crippen molar-refractivity contribution in [2.45, 2.75) is 25.2 Å². The minimum atomic E-state index is -0.0880. The van der Waals surface area contributed by atoms with E-state index in [1.807, 2.05) is 0 Å². The summed E-state index contributed by atoms with van der Waals surface area (Å²) in [5.41, 5.74) is 0.967. The Hall–Kier alpha value is -1.82. The van der Waals surface area contributed by atoms with Gasteiger partial charge in [0.25, 0.3) is 0 Å². The van der Waals surface area contributed by atoms with Crippen molar-refractivity contribution in [3.63, 3.8) is 0 Å². The molecule has 1 aromatic carbocycles. The average molecular weight is 277 g/mol. The highest BCUT2D eigenvalue weighted by Crippen LogP contribution is 2.39. The van der Waals surface area contributed by atoms with E-state index < -0.39 is 0 Å². The third-order valence-electron chi connectivity index (χ3n) is 3.11. The van der Waals surface area contributed by atoms with Crippen LogP contribution in [0.2, 0.25) is 0 Å². The largest absolute Gasteiger partial charge is 0.504 e. The molecule has 6 heteroatoms. The van der Waals surface area contributed by atoms with Crippen LogP contribution < -0.4 is 5.32 Å². The fraction of sp³-hybridized carbons (Fsp3) is 0.385. The lowest BCUT2D eigenvalue weighted by atomic mass is 10.1. The highest BCUT2D eigenvalue weighted by molar-refractivity contribution is 7.09. The Morgan fingerprint density at radius 2 is 2.11 bits per heavy atom. The number of nitrogens with zero attached hydrogens (tertiary/aromatic N) is 2. The van der Waals surface area contributed by atoms with E-state index in [9.17, 15) is 10.2 Å². The molecule has 5 nitrogen and oxygen atoms in total. The van der Waals surface area contributed by atoms with E-state index in [1.165, 1.54) is 30.4 Å². The van der Waals surface area contributed by atoms with Gasteiger partial charge in [-0.2, -0.15) is 4.37 Å². The van der Waals surface area contributed by atoms with Gasteiger partial charge in [-0.15, -0.1) is 0 Å². The van der Waals surface area contributed by atoms with Crippen LogP contribution in [0.3, 0.4) is 0 Å². The summed E-state index contributed by atoms with van der Waals surface area (Å²) < 4.78 is 4.32. The van der Waals surface area contributed by atoms with E-state index in [0.717, 1.165) is 29.5 Å². The maximum atomic E-state index is 9.40. The van der Waals surface area contributed by atoms with E-state index in [1.54, 1.807) is 12.1 Å². The summed E-state index contributed by atoms with van der Waals surface area (Å²) in [5, 5.41) is 22.7. The topological polar surface area (TPSA) is 78.3 Å². The molecule has 0 amide bonds. The Bertz CT molecular complexity index is 581. The number of anilines is 1. The molecule has 2 aromatic rings. The lowest BCUT2D eigenvalue weighted by Crippen LogP contribution is -2.04. The van der Waals surface area contributed by atoms with Gasteiger partial charge in [0, 0.05) is 24.0 Å². The van der Waals surface area contributed by atoms with Crippen LogP contribution in [-0.2, 0) is 6.42 Å². The summed E-state index contributed by atoms with van der Waals surface area (Å²) in [5.74, 6) is 1.38. The van der Waals surface area contributed by atoms with Crippen LogP contribution in [0.1, 0.15) is 30.1 Å². The van der Waals surface area contributed by atoms with E-state index >= 15 is 0 Å². The van der Waals surface area contributed by atoms with Gasteiger partial charge in [-0.3, -0.25) is 0 Å². The molecule has 3 N–H and O–H groups in total. The number of aromatic nitrogens is 2. The number of aromatic hydroxyl groups is 2. The first-order chi connectivity index (χ1) is 9.22. The molecule has 1 heterocycles. The molecule has 3 rings (SSSR count). The molecule has 0 bridgehead atoms. The molecule has 0 saturated heterocycles. The molecular weight excluding hydrogens is 262 g/mol. The highest BCUT2D eigenvalue weighted by Gasteiger charge is 2.27. The first-order valence-corrected chi connectivity index (χ1v) is 7.08. The molecule has 100 valence electrons. The number of phenols is 2. The van der Waals surface area contributed by atoms with Crippen LogP contribution in [0.4, 0.5) is 5.13 Å². The van der Waals surface area contributed by atoms with Crippen molar-refractivity contribution in [3.05, 3.63) is 29.6 Å². The lowest BCUT2D eigenvalue weighted by Gasteiger charge is -2.04. The van der Waals surface area contributed by atoms with Crippen molar-refractivity contribution in [2.24, 2.45) is 0 Å². The first-order valence-electron chi connectivity index (χ1n) is 6.31. The average Bonchev–Trinajstić information content (AvgIpc) is 3.14. The van der Waals surface area contributed by atoms with E-state index in [0.29, 0.717) is 5.92 Å². The van der Waals surface area contributed by atoms with Crippen molar-refractivity contribution in [3.8, 4) is 11.5 Å². The molecule has 1 saturated carbocycles. The van der Waals surface area contributed by atoms with Gasteiger partial charge >= 0.3 is 0 Å². The molecule has 19 heavy (non-hydrogen) atoms. The molecule has 0 atom stereocenters. The molecule has 1 fully saturated rings. The second kappa shape index (κ2) is 5.05. The first kappa shape index (κ1) is 12.2. The third kappa shape index (κ3) is 2.96. The van der Waals surface area contributed by atoms with Crippen molar-refractivity contribution < 1.29 is 10.2 Å². The molecule has 1 aliphatic carbocycles. The van der Waals surface area contributed by atoms with Crippen molar-refractivity contribution >= 4 is 16.7 Å². The Labute approximate surface area is 115 Å². The number of rotatable bonds is 5. The zero-order valence-electron chi connectivity index (χ0n) is 10.3. The maximum Gasteiger partial charge on any atom is 0.202 e. The Morgan fingerprint density at radius 1 is 1.26 bits per heavy atom. The van der Waals surface area contributed by atoms with E-state index in [4.69, 9.17) is 0 Å². The Kier molecular flexibility index (Phi) is 3.25. The highest BCUT2D eigenvalue weighted by atomic mass is 32.1. The van der Waals surface area contributed by atoms with E-state index in [2.05, 4.69) is 14.7 Å². The molecule has 1 aromatic heterocycles. The van der Waals surface area contributed by atoms with Gasteiger partial charge in [-0.05, 0) is 37.0 Å². The number of hydrogen-bond donors (Lipinski definition) is 3. The van der Waals surface area contributed by atoms with Gasteiger partial charge in [0.2, 0.25) is 5.13 Å². The maximum absolute atomic E-state index is 9.40. The monoisotopic (exact) mass is 277 g/mol. The van der Waals surface area contributed by atoms with Crippen LogP contribution in [0.5, 0.6) is 11.5 Å². The normalized spacial score (nSPS) is 14.5. The van der Waals surface area contributed by atoms with Crippen molar-refractivity contribution in [2.75, 3.05) is 11.9 Å². The summed E-state index contributed by atoms with van der Waals surface area (Å²) in [6, 6.07) is 4.88. The minimum absolute atomic E-state index is 0.0792. The van der Waals surface area contributed by atoms with E-state index in [-0.39, 0.29) is 11.5 Å². The van der Waals surface area contributed by atoms with Crippen LogP contribution in [0.25, 0.3) is 0 Å². The quantitative estimate of drug-likeness (QED) is 0.732. The summed E-state index contributed by atoms with van der Waals surface area (Å²) in [4.78, 5) is 4.44.